The van der Waals surface area contributed by atoms with Crippen molar-refractivity contribution in [3.8, 4) is 5.75 Å². The van der Waals surface area contributed by atoms with Crippen LogP contribution in [0.1, 0.15) is 37.0 Å². The summed E-state index contributed by atoms with van der Waals surface area (Å²) in [6.45, 7) is 4.09. The minimum atomic E-state index is -0.528. The number of benzene rings is 1. The fourth-order valence-electron chi connectivity index (χ4n) is 1.67. The van der Waals surface area contributed by atoms with Crippen LogP contribution in [0.25, 0.3) is 0 Å². The van der Waals surface area contributed by atoms with Gasteiger partial charge in [0.15, 0.2) is 5.75 Å². The van der Waals surface area contributed by atoms with Gasteiger partial charge in [-0.2, -0.15) is 0 Å². The van der Waals surface area contributed by atoms with E-state index in [1.807, 2.05) is 13.8 Å². The summed E-state index contributed by atoms with van der Waals surface area (Å²) in [7, 11) is 0. The molecule has 4 N–H and O–H groups in total. The third-order valence-corrected chi connectivity index (χ3v) is 2.74. The molecule has 1 rings (SSSR count). The summed E-state index contributed by atoms with van der Waals surface area (Å²) in [4.78, 5) is 15.8. The lowest BCUT2D eigenvalue weighted by atomic mass is 10.1. The second kappa shape index (κ2) is 6.83. The summed E-state index contributed by atoms with van der Waals surface area (Å²) in [5.74, 6) is -0.254. The highest BCUT2D eigenvalue weighted by molar-refractivity contribution is 5.98. The first-order chi connectivity index (χ1) is 8.62. The van der Waals surface area contributed by atoms with E-state index in [2.05, 4.69) is 15.2 Å². The zero-order valence-corrected chi connectivity index (χ0v) is 10.5. The van der Waals surface area contributed by atoms with Crippen LogP contribution in [-0.2, 0) is 5.04 Å². The molecule has 0 saturated carbocycles. The molecule has 6 heteroatoms. The van der Waals surface area contributed by atoms with Gasteiger partial charge < -0.3 is 15.9 Å². The average molecular weight is 254 g/mol. The number of rotatable bonds is 7. The first-order valence-corrected chi connectivity index (χ1v) is 5.80. The third kappa shape index (κ3) is 3.61. The zero-order valence-electron chi connectivity index (χ0n) is 10.5. The van der Waals surface area contributed by atoms with Crippen LogP contribution < -0.4 is 15.9 Å². The van der Waals surface area contributed by atoms with Crippen molar-refractivity contribution in [2.24, 2.45) is 5.73 Å². The molecular weight excluding hydrogens is 236 g/mol. The van der Waals surface area contributed by atoms with Crippen LogP contribution in [0, 0.1) is 0 Å². The first-order valence-electron chi connectivity index (χ1n) is 5.80. The molecule has 1 amide bonds. The molecule has 0 aliphatic carbocycles. The number of nitrogens with one attached hydrogen (secondary N) is 1. The maximum absolute atomic E-state index is 11.3. The van der Waals surface area contributed by atoms with Gasteiger partial charge in [0.25, 0.3) is 5.91 Å². The maximum Gasteiger partial charge on any atom is 0.250 e. The zero-order chi connectivity index (χ0) is 13.5. The van der Waals surface area contributed by atoms with Crippen LogP contribution in [0.4, 0.5) is 5.69 Å². The van der Waals surface area contributed by atoms with Crippen LogP contribution >= 0.6 is 0 Å². The largest absolute Gasteiger partial charge is 0.382 e. The highest BCUT2D eigenvalue weighted by atomic mass is 17.5. The van der Waals surface area contributed by atoms with Gasteiger partial charge in [-0.25, -0.2) is 5.26 Å². The quantitative estimate of drug-likeness (QED) is 0.512. The average Bonchev–Trinajstić information content (AvgIpc) is 2.36. The van der Waals surface area contributed by atoms with Crippen molar-refractivity contribution in [2.45, 2.75) is 32.7 Å². The number of primary amides is 1. The summed E-state index contributed by atoms with van der Waals surface area (Å²) in [5, 5.41) is 15.0. The number of anilines is 1. The van der Waals surface area contributed by atoms with Crippen molar-refractivity contribution >= 4 is 11.6 Å². The number of hydrogen-bond acceptors (Lipinski definition) is 5. The van der Waals surface area contributed by atoms with Gasteiger partial charge in [-0.05, 0) is 30.0 Å². The number of hydrogen-bond donors (Lipinski definition) is 3. The SMILES string of the molecule is CCC(CC)Nc1cc(OOO)ccc1C(N)=O. The van der Waals surface area contributed by atoms with Crippen molar-refractivity contribution in [3.63, 3.8) is 0 Å². The predicted octanol–water partition coefficient (Wildman–Crippen LogP) is 2.17. The van der Waals surface area contributed by atoms with Crippen LogP contribution in [0.2, 0.25) is 0 Å². The van der Waals surface area contributed by atoms with E-state index in [-0.39, 0.29) is 11.8 Å². The fraction of sp³-hybridized carbons (Fsp3) is 0.417. The van der Waals surface area contributed by atoms with Gasteiger partial charge in [0, 0.05) is 12.1 Å². The molecule has 1 aromatic carbocycles. The molecule has 0 saturated heterocycles. The molecule has 0 atom stereocenters. The number of amides is 1. The maximum atomic E-state index is 11.3. The molecule has 1 aromatic rings. The highest BCUT2D eigenvalue weighted by Crippen LogP contribution is 2.24. The van der Waals surface area contributed by atoms with E-state index in [1.165, 1.54) is 12.1 Å². The number of nitrogens with two attached hydrogens (primary N) is 1. The molecule has 0 aliphatic rings. The smallest absolute Gasteiger partial charge is 0.250 e. The second-order valence-electron chi connectivity index (χ2n) is 3.89. The Morgan fingerprint density at radius 3 is 2.61 bits per heavy atom. The van der Waals surface area contributed by atoms with Crippen molar-refractivity contribution in [3.05, 3.63) is 23.8 Å². The van der Waals surface area contributed by atoms with E-state index in [0.717, 1.165) is 12.8 Å². The van der Waals surface area contributed by atoms with E-state index in [9.17, 15) is 4.79 Å². The topological polar surface area (TPSA) is 93.8 Å². The summed E-state index contributed by atoms with van der Waals surface area (Å²) < 4.78 is 0. The van der Waals surface area contributed by atoms with Gasteiger partial charge in [-0.15, -0.1) is 0 Å². The van der Waals surface area contributed by atoms with Gasteiger partial charge in [-0.1, -0.05) is 13.8 Å². The minimum Gasteiger partial charge on any atom is -0.382 e. The Bertz CT molecular complexity index is 405. The van der Waals surface area contributed by atoms with Crippen molar-refractivity contribution < 1.29 is 20.0 Å². The van der Waals surface area contributed by atoms with E-state index in [4.69, 9.17) is 11.0 Å². The normalized spacial score (nSPS) is 10.4. The van der Waals surface area contributed by atoms with Crippen LogP contribution in [0.15, 0.2) is 18.2 Å². The second-order valence-corrected chi connectivity index (χ2v) is 3.89. The van der Waals surface area contributed by atoms with Crippen molar-refractivity contribution in [1.82, 2.24) is 0 Å². The molecule has 0 aliphatic heterocycles. The van der Waals surface area contributed by atoms with E-state index >= 15 is 0 Å². The first kappa shape index (κ1) is 14.3. The van der Waals surface area contributed by atoms with Gasteiger partial charge in [0.2, 0.25) is 0 Å². The van der Waals surface area contributed by atoms with Gasteiger partial charge in [0.1, 0.15) is 0 Å². The summed E-state index contributed by atoms with van der Waals surface area (Å²) in [6.07, 6.45) is 1.83. The number of carbonyl (C=O) groups excluding carboxylic acids is 1. The predicted molar refractivity (Wildman–Crippen MR) is 67.3 cm³/mol. The Hall–Kier alpha value is -1.79. The summed E-state index contributed by atoms with van der Waals surface area (Å²) >= 11 is 0. The Morgan fingerprint density at radius 2 is 2.11 bits per heavy atom. The molecule has 0 spiro atoms. The van der Waals surface area contributed by atoms with Crippen molar-refractivity contribution in [1.29, 1.82) is 0 Å². The molecule has 0 heterocycles. The molecule has 18 heavy (non-hydrogen) atoms. The third-order valence-electron chi connectivity index (χ3n) is 2.74. The fourth-order valence-corrected chi connectivity index (χ4v) is 1.67. The lowest BCUT2D eigenvalue weighted by Gasteiger charge is -2.18. The van der Waals surface area contributed by atoms with E-state index < -0.39 is 5.91 Å². The van der Waals surface area contributed by atoms with Crippen LogP contribution in [-0.4, -0.2) is 17.2 Å². The molecule has 0 radical (unpaired) electrons. The van der Waals surface area contributed by atoms with Gasteiger partial charge in [0.05, 0.1) is 11.3 Å². The molecule has 6 nitrogen and oxygen atoms in total. The molecule has 0 bridgehead atoms. The lowest BCUT2D eigenvalue weighted by molar-refractivity contribution is -0.438. The Morgan fingerprint density at radius 1 is 1.44 bits per heavy atom. The van der Waals surface area contributed by atoms with Crippen molar-refractivity contribution in [2.75, 3.05) is 5.32 Å². The van der Waals surface area contributed by atoms with Crippen LogP contribution in [0.5, 0.6) is 5.75 Å². The van der Waals surface area contributed by atoms with Gasteiger partial charge in [-0.3, -0.25) is 4.79 Å². The Kier molecular flexibility index (Phi) is 5.41. The van der Waals surface area contributed by atoms with Crippen LogP contribution in [0.3, 0.4) is 0 Å². The minimum absolute atomic E-state index is 0.230. The van der Waals surface area contributed by atoms with E-state index in [0.29, 0.717) is 11.3 Å². The number of carbonyl (C=O) groups is 1. The summed E-state index contributed by atoms with van der Waals surface area (Å²) in [5.41, 5.74) is 6.23. The van der Waals surface area contributed by atoms with E-state index in [1.54, 1.807) is 6.07 Å². The highest BCUT2D eigenvalue weighted by Gasteiger charge is 2.13. The monoisotopic (exact) mass is 254 g/mol. The molecule has 0 aromatic heterocycles. The molecule has 100 valence electrons. The molecule has 0 fully saturated rings. The standard InChI is InChI=1S/C12H18N2O4/c1-3-8(4-2)14-11-7-9(17-18-16)5-6-10(11)12(13)15/h5-8,14,16H,3-4H2,1-2H3,(H2,13,15). The Labute approximate surface area is 106 Å². The molecular formula is C12H18N2O4. The molecule has 0 unspecified atom stereocenters. The van der Waals surface area contributed by atoms with Gasteiger partial charge >= 0.3 is 0 Å². The Balaban J connectivity index is 3.02. The lowest BCUT2D eigenvalue weighted by Crippen LogP contribution is -2.21. The summed E-state index contributed by atoms with van der Waals surface area (Å²) in [6, 6.07) is 4.78.